The van der Waals surface area contributed by atoms with Gasteiger partial charge in [-0.25, -0.2) is 4.79 Å². The first-order valence-electron chi connectivity index (χ1n) is 11.4. The SMILES string of the molecule is CC(NC(=O)[C@@]1(C(C)(C)O)CC[C@@H](NC(=O)OC(C)(C)C)C1)c1cc(C(F)(F)F)cc(C(F)(F)F)c1. The van der Waals surface area contributed by atoms with Gasteiger partial charge in [-0.15, -0.1) is 0 Å². The molecule has 2 rings (SSSR count). The molecule has 1 unspecified atom stereocenters. The van der Waals surface area contributed by atoms with Crippen molar-refractivity contribution in [2.24, 2.45) is 5.41 Å². The van der Waals surface area contributed by atoms with Gasteiger partial charge in [0.25, 0.3) is 0 Å². The van der Waals surface area contributed by atoms with Crippen LogP contribution in [0.3, 0.4) is 0 Å². The fourth-order valence-corrected chi connectivity index (χ4v) is 4.33. The van der Waals surface area contributed by atoms with Crippen LogP contribution in [0.4, 0.5) is 31.1 Å². The third-order valence-corrected chi connectivity index (χ3v) is 6.30. The second-order valence-corrected chi connectivity index (χ2v) is 10.8. The van der Waals surface area contributed by atoms with Crippen LogP contribution in [0.15, 0.2) is 18.2 Å². The number of amides is 2. The largest absolute Gasteiger partial charge is 0.444 e. The van der Waals surface area contributed by atoms with E-state index in [1.807, 2.05) is 0 Å². The number of aliphatic hydroxyl groups is 1. The summed E-state index contributed by atoms with van der Waals surface area (Å²) in [6.45, 7) is 9.06. The number of carbonyl (C=O) groups excluding carboxylic acids is 2. The van der Waals surface area contributed by atoms with Crippen molar-refractivity contribution < 1.29 is 45.8 Å². The maximum absolute atomic E-state index is 13.4. The lowest BCUT2D eigenvalue weighted by molar-refractivity contribution is -0.147. The first kappa shape index (κ1) is 29.7. The van der Waals surface area contributed by atoms with Crippen LogP contribution in [0.25, 0.3) is 0 Å². The number of nitrogens with one attached hydrogen (secondary N) is 2. The summed E-state index contributed by atoms with van der Waals surface area (Å²) in [5.74, 6) is -0.748. The lowest BCUT2D eigenvalue weighted by Crippen LogP contribution is -2.54. The van der Waals surface area contributed by atoms with Gasteiger partial charge >= 0.3 is 18.4 Å². The first-order chi connectivity index (χ1) is 16.0. The molecular formula is C24H32F6N2O4. The van der Waals surface area contributed by atoms with Gasteiger partial charge in [-0.3, -0.25) is 4.79 Å². The van der Waals surface area contributed by atoms with Gasteiger partial charge in [0.2, 0.25) is 5.91 Å². The minimum atomic E-state index is -5.03. The molecule has 6 nitrogen and oxygen atoms in total. The number of alkyl carbamates (subject to hydrolysis) is 1. The average Bonchev–Trinajstić information content (AvgIpc) is 3.09. The van der Waals surface area contributed by atoms with E-state index in [1.54, 1.807) is 20.8 Å². The second-order valence-electron chi connectivity index (χ2n) is 10.8. The molecule has 1 aromatic carbocycles. The van der Waals surface area contributed by atoms with Crippen molar-refractivity contribution >= 4 is 12.0 Å². The van der Waals surface area contributed by atoms with E-state index in [-0.39, 0.29) is 18.9 Å². The molecule has 0 bridgehead atoms. The minimum absolute atomic E-state index is 0.00924. The molecule has 36 heavy (non-hydrogen) atoms. The fraction of sp³-hybridized carbons (Fsp3) is 0.667. The van der Waals surface area contributed by atoms with Gasteiger partial charge < -0.3 is 20.5 Å². The Kier molecular flexibility index (Phi) is 8.05. The van der Waals surface area contributed by atoms with E-state index in [9.17, 15) is 41.0 Å². The molecule has 3 atom stereocenters. The molecule has 1 saturated carbocycles. The van der Waals surface area contributed by atoms with Gasteiger partial charge in [0.15, 0.2) is 0 Å². The topological polar surface area (TPSA) is 87.7 Å². The number of carbonyl (C=O) groups is 2. The van der Waals surface area contributed by atoms with Crippen LogP contribution >= 0.6 is 0 Å². The summed E-state index contributed by atoms with van der Waals surface area (Å²) in [5, 5.41) is 16.0. The molecule has 0 saturated heterocycles. The van der Waals surface area contributed by atoms with Crippen molar-refractivity contribution in [3.8, 4) is 0 Å². The van der Waals surface area contributed by atoms with Crippen LogP contribution in [0.5, 0.6) is 0 Å². The van der Waals surface area contributed by atoms with E-state index in [4.69, 9.17) is 4.74 Å². The van der Waals surface area contributed by atoms with Gasteiger partial charge in [-0.2, -0.15) is 26.3 Å². The van der Waals surface area contributed by atoms with Crippen LogP contribution in [0.1, 0.15) is 83.5 Å². The summed E-state index contributed by atoms with van der Waals surface area (Å²) < 4.78 is 84.7. The van der Waals surface area contributed by atoms with E-state index in [0.29, 0.717) is 18.6 Å². The van der Waals surface area contributed by atoms with Crippen LogP contribution in [0.2, 0.25) is 0 Å². The van der Waals surface area contributed by atoms with E-state index < -0.39 is 69.7 Å². The zero-order chi connectivity index (χ0) is 27.9. The highest BCUT2D eigenvalue weighted by Gasteiger charge is 2.55. The number of hydrogen-bond acceptors (Lipinski definition) is 4. The maximum Gasteiger partial charge on any atom is 0.416 e. The molecule has 1 aliphatic carbocycles. The Bertz CT molecular complexity index is 947. The lowest BCUT2D eigenvalue weighted by Gasteiger charge is -2.40. The number of hydrogen-bond donors (Lipinski definition) is 3. The Balaban J connectivity index is 2.30. The van der Waals surface area contributed by atoms with Gasteiger partial charge in [0.05, 0.1) is 28.2 Å². The highest BCUT2D eigenvalue weighted by Crippen LogP contribution is 2.47. The monoisotopic (exact) mass is 526 g/mol. The third kappa shape index (κ3) is 7.04. The summed E-state index contributed by atoms with van der Waals surface area (Å²) in [5.41, 5.74) is -7.22. The molecule has 0 heterocycles. The molecule has 0 aliphatic heterocycles. The first-order valence-corrected chi connectivity index (χ1v) is 11.4. The molecule has 2 amide bonds. The summed E-state index contributed by atoms with van der Waals surface area (Å²) in [4.78, 5) is 25.5. The lowest BCUT2D eigenvalue weighted by atomic mass is 9.71. The second kappa shape index (κ2) is 9.75. The Morgan fingerprint density at radius 3 is 1.92 bits per heavy atom. The fourth-order valence-electron chi connectivity index (χ4n) is 4.33. The van der Waals surface area contributed by atoms with Gasteiger partial charge in [-0.1, -0.05) is 0 Å². The van der Waals surface area contributed by atoms with Crippen LogP contribution in [-0.4, -0.2) is 34.4 Å². The molecule has 1 aliphatic rings. The molecule has 3 N–H and O–H groups in total. The van der Waals surface area contributed by atoms with E-state index in [1.165, 1.54) is 20.8 Å². The van der Waals surface area contributed by atoms with Crippen molar-refractivity contribution in [3.63, 3.8) is 0 Å². The summed E-state index contributed by atoms with van der Waals surface area (Å²) >= 11 is 0. The Labute approximate surface area is 205 Å². The number of rotatable bonds is 5. The van der Waals surface area contributed by atoms with Crippen LogP contribution in [-0.2, 0) is 21.9 Å². The van der Waals surface area contributed by atoms with Gasteiger partial charge in [-0.05, 0) is 84.6 Å². The Hall–Kier alpha value is -2.50. The molecule has 0 aromatic heterocycles. The average molecular weight is 527 g/mol. The molecule has 204 valence electrons. The standard InChI is InChI=1S/C24H32F6N2O4/c1-13(14-9-15(23(25,26)27)11-16(10-14)24(28,29)30)31-18(33)22(21(5,6)35)8-7-17(12-22)32-19(34)36-20(2,3)4/h9-11,13,17,35H,7-8,12H2,1-6H3,(H,31,33)(H,32,34)/t13?,17-,22-/m1/s1. The van der Waals surface area contributed by atoms with Crippen molar-refractivity contribution in [3.05, 3.63) is 34.9 Å². The molecule has 1 fully saturated rings. The quantitative estimate of drug-likeness (QED) is 0.428. The molecular weight excluding hydrogens is 494 g/mol. The summed E-state index contributed by atoms with van der Waals surface area (Å²) in [6, 6.07) is -0.660. The van der Waals surface area contributed by atoms with Gasteiger partial charge in [0, 0.05) is 6.04 Å². The number of ether oxygens (including phenoxy) is 1. The smallest absolute Gasteiger partial charge is 0.416 e. The maximum atomic E-state index is 13.4. The Morgan fingerprint density at radius 2 is 1.50 bits per heavy atom. The molecule has 0 radical (unpaired) electrons. The van der Waals surface area contributed by atoms with Crippen molar-refractivity contribution in [1.82, 2.24) is 10.6 Å². The van der Waals surface area contributed by atoms with E-state index >= 15 is 0 Å². The molecule has 0 spiro atoms. The normalized spacial score (nSPS) is 22.2. The molecule has 1 aromatic rings. The predicted octanol–water partition coefficient (Wildman–Crippen LogP) is 5.74. The van der Waals surface area contributed by atoms with Crippen molar-refractivity contribution in [1.29, 1.82) is 0 Å². The molecule has 12 heteroatoms. The van der Waals surface area contributed by atoms with E-state index in [0.717, 1.165) is 0 Å². The third-order valence-electron chi connectivity index (χ3n) is 6.30. The zero-order valence-electron chi connectivity index (χ0n) is 20.9. The number of halogens is 6. The number of alkyl halides is 6. The summed E-state index contributed by atoms with van der Waals surface area (Å²) in [7, 11) is 0. The van der Waals surface area contributed by atoms with E-state index in [2.05, 4.69) is 10.6 Å². The van der Waals surface area contributed by atoms with Crippen molar-refractivity contribution in [2.75, 3.05) is 0 Å². The Morgan fingerprint density at radius 1 is 1.00 bits per heavy atom. The van der Waals surface area contributed by atoms with Crippen LogP contribution < -0.4 is 10.6 Å². The number of benzene rings is 1. The van der Waals surface area contributed by atoms with Crippen LogP contribution in [0, 0.1) is 5.41 Å². The predicted molar refractivity (Wildman–Crippen MR) is 119 cm³/mol. The highest BCUT2D eigenvalue weighted by molar-refractivity contribution is 5.85. The minimum Gasteiger partial charge on any atom is -0.444 e. The highest BCUT2D eigenvalue weighted by atomic mass is 19.4. The summed E-state index contributed by atoms with van der Waals surface area (Å²) in [6.07, 6.45) is -10.4. The zero-order valence-corrected chi connectivity index (χ0v) is 20.9. The van der Waals surface area contributed by atoms with Gasteiger partial charge in [0.1, 0.15) is 5.60 Å². The van der Waals surface area contributed by atoms with Crippen molar-refractivity contribution in [2.45, 2.75) is 96.4 Å².